The number of carbonyl (C=O) groups excluding carboxylic acids is 1. The lowest BCUT2D eigenvalue weighted by molar-refractivity contribution is -0.151. The number of hydrogen-bond acceptors (Lipinski definition) is 3. The third-order valence-electron chi connectivity index (χ3n) is 3.45. The molecule has 2 N–H and O–H groups in total. The average molecular weight is 400 g/mol. The van der Waals surface area contributed by atoms with Gasteiger partial charge in [-0.1, -0.05) is 55.1 Å². The van der Waals surface area contributed by atoms with Gasteiger partial charge in [0, 0.05) is 17.4 Å². The summed E-state index contributed by atoms with van der Waals surface area (Å²) in [5.41, 5.74) is 8.61. The van der Waals surface area contributed by atoms with Gasteiger partial charge in [-0.05, 0) is 56.9 Å². The van der Waals surface area contributed by atoms with Crippen LogP contribution in [0.4, 0.5) is 0 Å². The van der Waals surface area contributed by atoms with Crippen molar-refractivity contribution in [3.05, 3.63) is 33.8 Å². The van der Waals surface area contributed by atoms with Crippen LogP contribution in [0.2, 0.25) is 0 Å². The first kappa shape index (κ1) is 23.1. The molecule has 0 aliphatic rings. The molecular formula is C20H34BrNO2. The molecular weight excluding hydrogens is 366 g/mol. The normalized spacial score (nSPS) is 12.2. The van der Waals surface area contributed by atoms with Gasteiger partial charge >= 0.3 is 5.97 Å². The van der Waals surface area contributed by atoms with E-state index in [-0.39, 0.29) is 17.6 Å². The molecule has 3 nitrogen and oxygen atoms in total. The van der Waals surface area contributed by atoms with E-state index in [1.54, 1.807) is 0 Å². The lowest BCUT2D eigenvalue weighted by atomic mass is 9.95. The van der Waals surface area contributed by atoms with Crippen molar-refractivity contribution in [2.24, 2.45) is 5.73 Å². The highest BCUT2D eigenvalue weighted by molar-refractivity contribution is 9.10. The van der Waals surface area contributed by atoms with E-state index in [0.717, 1.165) is 17.3 Å². The largest absolute Gasteiger partial charge is 0.460 e. The van der Waals surface area contributed by atoms with E-state index in [4.69, 9.17) is 10.5 Å². The summed E-state index contributed by atoms with van der Waals surface area (Å²) in [6, 6.07) is 6.65. The smallest absolute Gasteiger partial charge is 0.303 e. The number of halogens is 1. The van der Waals surface area contributed by atoms with Crippen LogP contribution in [-0.4, -0.2) is 11.6 Å². The summed E-state index contributed by atoms with van der Waals surface area (Å²) < 4.78 is 5.95. The van der Waals surface area contributed by atoms with Crippen LogP contribution in [0.1, 0.15) is 84.4 Å². The van der Waals surface area contributed by atoms with Crippen LogP contribution in [0.5, 0.6) is 0 Å². The van der Waals surface area contributed by atoms with Gasteiger partial charge in [0.15, 0.2) is 0 Å². The van der Waals surface area contributed by atoms with Crippen LogP contribution >= 0.6 is 15.9 Å². The van der Waals surface area contributed by atoms with Crippen LogP contribution in [-0.2, 0) is 16.0 Å². The molecule has 0 aromatic heterocycles. The summed E-state index contributed by atoms with van der Waals surface area (Å²) in [5.74, 6) is -0.225. The fraction of sp³-hybridized carbons (Fsp3) is 0.650. The first-order valence-electron chi connectivity index (χ1n) is 8.84. The zero-order chi connectivity index (χ0) is 18.8. The maximum Gasteiger partial charge on any atom is 0.303 e. The lowest BCUT2D eigenvalue weighted by Gasteiger charge is -2.17. The number of aryl methyl sites for hydroxylation is 1. The van der Waals surface area contributed by atoms with Gasteiger partial charge in [0.25, 0.3) is 0 Å². The summed E-state index contributed by atoms with van der Waals surface area (Å²) in [6.07, 6.45) is 5.93. The Hall–Kier alpha value is -0.870. The third-order valence-corrected chi connectivity index (χ3v) is 3.95. The molecule has 0 radical (unpaired) electrons. The Bertz CT molecular complexity index is 495. The summed E-state index contributed by atoms with van der Waals surface area (Å²) in [5, 5.41) is 0. The van der Waals surface area contributed by atoms with Crippen molar-refractivity contribution in [1.29, 1.82) is 0 Å². The van der Waals surface area contributed by atoms with Gasteiger partial charge in [-0.15, -0.1) is 0 Å². The van der Waals surface area contributed by atoms with Crippen molar-refractivity contribution in [3.8, 4) is 0 Å². The Labute approximate surface area is 156 Å². The van der Waals surface area contributed by atoms with Gasteiger partial charge in [0.2, 0.25) is 0 Å². The fourth-order valence-electron chi connectivity index (χ4n) is 2.44. The van der Waals surface area contributed by atoms with Crippen LogP contribution < -0.4 is 5.73 Å². The number of rotatable bonds is 6. The monoisotopic (exact) mass is 399 g/mol. The first-order valence-corrected chi connectivity index (χ1v) is 9.63. The van der Waals surface area contributed by atoms with E-state index >= 15 is 0 Å². The van der Waals surface area contributed by atoms with Crippen molar-refractivity contribution in [2.75, 3.05) is 0 Å². The molecule has 0 amide bonds. The molecule has 0 saturated heterocycles. The molecule has 1 unspecified atom stereocenters. The number of benzene rings is 1. The second kappa shape index (κ2) is 11.6. The highest BCUT2D eigenvalue weighted by atomic mass is 79.9. The Morgan fingerprint density at radius 3 is 2.29 bits per heavy atom. The quantitative estimate of drug-likeness (QED) is 0.475. The standard InChI is InChI=1S/C14H22BrN.C6H12O2/c1-3-5-6-7-14(16)13-9-8-12(15)10-11(13)4-2;1-5(7)8-6(2,3)4/h8-10,14H,3-7,16H2,1-2H3;1-4H3. The van der Waals surface area contributed by atoms with E-state index in [1.807, 2.05) is 20.8 Å². The molecule has 1 atom stereocenters. The van der Waals surface area contributed by atoms with Gasteiger partial charge in [0.05, 0.1) is 0 Å². The Kier molecular flexibility index (Phi) is 11.2. The van der Waals surface area contributed by atoms with Crippen LogP contribution in [0.3, 0.4) is 0 Å². The van der Waals surface area contributed by atoms with Gasteiger partial charge in [-0.25, -0.2) is 0 Å². The minimum absolute atomic E-state index is 0.203. The van der Waals surface area contributed by atoms with E-state index in [2.05, 4.69) is 48.0 Å². The Balaban J connectivity index is 0.000000561. The Morgan fingerprint density at radius 1 is 1.25 bits per heavy atom. The zero-order valence-corrected chi connectivity index (χ0v) is 17.7. The van der Waals surface area contributed by atoms with Crippen molar-refractivity contribution in [1.82, 2.24) is 0 Å². The van der Waals surface area contributed by atoms with E-state index in [0.29, 0.717) is 0 Å². The Morgan fingerprint density at radius 2 is 1.88 bits per heavy atom. The van der Waals surface area contributed by atoms with Crippen molar-refractivity contribution in [2.45, 2.75) is 85.3 Å². The summed E-state index contributed by atoms with van der Waals surface area (Å²) >= 11 is 3.51. The van der Waals surface area contributed by atoms with E-state index in [9.17, 15) is 4.79 Å². The van der Waals surface area contributed by atoms with Gasteiger partial charge in [-0.3, -0.25) is 4.79 Å². The number of nitrogens with two attached hydrogens (primary N) is 1. The number of unbranched alkanes of at least 4 members (excludes halogenated alkanes) is 2. The van der Waals surface area contributed by atoms with Gasteiger partial charge in [-0.2, -0.15) is 0 Å². The molecule has 0 heterocycles. The van der Waals surface area contributed by atoms with Gasteiger partial charge in [0.1, 0.15) is 5.60 Å². The third kappa shape index (κ3) is 10.8. The van der Waals surface area contributed by atoms with Crippen LogP contribution in [0, 0.1) is 0 Å². The van der Waals surface area contributed by atoms with Crippen molar-refractivity contribution >= 4 is 21.9 Å². The molecule has 24 heavy (non-hydrogen) atoms. The molecule has 1 rings (SSSR count). The predicted octanol–water partition coefficient (Wildman–Crippen LogP) is 5.94. The number of carbonyl (C=O) groups is 1. The maximum absolute atomic E-state index is 10.2. The van der Waals surface area contributed by atoms with Gasteiger partial charge < -0.3 is 10.5 Å². The molecule has 0 fully saturated rings. The molecule has 0 aliphatic heterocycles. The van der Waals surface area contributed by atoms with Crippen LogP contribution in [0.25, 0.3) is 0 Å². The van der Waals surface area contributed by atoms with Crippen molar-refractivity contribution < 1.29 is 9.53 Å². The minimum Gasteiger partial charge on any atom is -0.460 e. The summed E-state index contributed by atoms with van der Waals surface area (Å²) in [7, 11) is 0. The minimum atomic E-state index is -0.328. The number of ether oxygens (including phenoxy) is 1. The van der Waals surface area contributed by atoms with E-state index in [1.165, 1.54) is 37.3 Å². The van der Waals surface area contributed by atoms with E-state index < -0.39 is 0 Å². The molecule has 4 heteroatoms. The molecule has 0 spiro atoms. The molecule has 1 aromatic rings. The average Bonchev–Trinajstić information content (AvgIpc) is 2.45. The van der Waals surface area contributed by atoms with Crippen molar-refractivity contribution in [3.63, 3.8) is 0 Å². The summed E-state index contributed by atoms with van der Waals surface area (Å²) in [4.78, 5) is 10.2. The molecule has 1 aromatic carbocycles. The second-order valence-electron chi connectivity index (χ2n) is 7.00. The lowest BCUT2D eigenvalue weighted by Crippen LogP contribution is -2.21. The molecule has 0 aliphatic carbocycles. The summed E-state index contributed by atoms with van der Waals surface area (Å²) in [6.45, 7) is 11.3. The number of hydrogen-bond donors (Lipinski definition) is 1. The fourth-order valence-corrected chi connectivity index (χ4v) is 2.85. The molecule has 0 bridgehead atoms. The molecule has 138 valence electrons. The topological polar surface area (TPSA) is 52.3 Å². The van der Waals surface area contributed by atoms with Crippen LogP contribution in [0.15, 0.2) is 22.7 Å². The highest BCUT2D eigenvalue weighted by Crippen LogP contribution is 2.24. The molecule has 0 saturated carbocycles. The zero-order valence-electron chi connectivity index (χ0n) is 16.1. The predicted molar refractivity (Wildman–Crippen MR) is 106 cm³/mol. The highest BCUT2D eigenvalue weighted by Gasteiger charge is 2.12. The maximum atomic E-state index is 10.2. The SMILES string of the molecule is CC(=O)OC(C)(C)C.CCCCCC(N)c1ccc(Br)cc1CC. The number of esters is 1. The second-order valence-corrected chi connectivity index (χ2v) is 7.92. The first-order chi connectivity index (χ1) is 11.1.